The van der Waals surface area contributed by atoms with Crippen molar-refractivity contribution in [3.8, 4) is 5.75 Å². The predicted octanol–water partition coefficient (Wildman–Crippen LogP) is 2.95. The van der Waals surface area contributed by atoms with Crippen LogP contribution in [0, 0.1) is 6.92 Å². The lowest BCUT2D eigenvalue weighted by Crippen LogP contribution is -2.35. The second-order valence-electron chi connectivity index (χ2n) is 5.74. The van der Waals surface area contributed by atoms with Crippen molar-refractivity contribution in [2.45, 2.75) is 13.3 Å². The molecule has 1 aliphatic rings. The van der Waals surface area contributed by atoms with E-state index in [2.05, 4.69) is 17.0 Å². The third-order valence-electron chi connectivity index (χ3n) is 4.17. The maximum Gasteiger partial charge on any atom is 0.289 e. The zero-order chi connectivity index (χ0) is 16.2. The van der Waals surface area contributed by atoms with Gasteiger partial charge in [0.15, 0.2) is 5.76 Å². The smallest absolute Gasteiger partial charge is 0.289 e. The first-order valence-electron chi connectivity index (χ1n) is 7.92. The molecule has 0 unspecified atom stereocenters. The van der Waals surface area contributed by atoms with Crippen molar-refractivity contribution in [2.75, 3.05) is 38.2 Å². The van der Waals surface area contributed by atoms with Crippen LogP contribution in [0.5, 0.6) is 5.75 Å². The fourth-order valence-corrected chi connectivity index (χ4v) is 2.88. The lowest BCUT2D eigenvalue weighted by Gasteiger charge is -2.23. The van der Waals surface area contributed by atoms with Crippen LogP contribution in [-0.4, -0.2) is 44.1 Å². The molecule has 2 heterocycles. The number of hydrogen-bond acceptors (Lipinski definition) is 4. The average molecular weight is 314 g/mol. The summed E-state index contributed by atoms with van der Waals surface area (Å²) in [5, 5.41) is 0. The van der Waals surface area contributed by atoms with Crippen molar-refractivity contribution in [1.82, 2.24) is 4.90 Å². The Kier molecular flexibility index (Phi) is 4.55. The molecule has 0 saturated carbocycles. The molecule has 1 aromatic heterocycles. The molecule has 5 heteroatoms. The number of nitrogens with zero attached hydrogens (tertiary/aromatic N) is 2. The minimum absolute atomic E-state index is 0.0188. The molecule has 122 valence electrons. The molecule has 1 aliphatic heterocycles. The van der Waals surface area contributed by atoms with Crippen LogP contribution in [0.2, 0.25) is 0 Å². The van der Waals surface area contributed by atoms with Gasteiger partial charge in [0.2, 0.25) is 0 Å². The fraction of sp³-hybridized carbons (Fsp3) is 0.389. The number of carbonyl (C=O) groups excluding carboxylic acids is 1. The number of ether oxygens (including phenoxy) is 1. The van der Waals surface area contributed by atoms with E-state index >= 15 is 0 Å². The minimum atomic E-state index is -0.0188. The van der Waals surface area contributed by atoms with E-state index in [-0.39, 0.29) is 5.91 Å². The van der Waals surface area contributed by atoms with E-state index in [0.29, 0.717) is 12.3 Å². The van der Waals surface area contributed by atoms with Gasteiger partial charge in [-0.25, -0.2) is 0 Å². The molecule has 3 rings (SSSR count). The highest BCUT2D eigenvalue weighted by atomic mass is 16.5. The van der Waals surface area contributed by atoms with Crippen LogP contribution in [0.3, 0.4) is 0 Å². The topological polar surface area (TPSA) is 45.9 Å². The summed E-state index contributed by atoms with van der Waals surface area (Å²) in [5.74, 6) is 2.03. The summed E-state index contributed by atoms with van der Waals surface area (Å²) in [6, 6.07) is 11.6. The largest absolute Gasteiger partial charge is 0.497 e. The number of amides is 1. The van der Waals surface area contributed by atoms with Gasteiger partial charge in [0.05, 0.1) is 7.11 Å². The van der Waals surface area contributed by atoms with E-state index < -0.39 is 0 Å². The minimum Gasteiger partial charge on any atom is -0.497 e. The molecular formula is C18H22N2O3. The number of methoxy groups -OCH3 is 1. The first-order chi connectivity index (χ1) is 11.2. The normalized spacial score (nSPS) is 15.4. The SMILES string of the molecule is COc1ccc(N2CCCN(C(=O)c3ccc(C)o3)CC2)cc1. The number of anilines is 1. The molecule has 0 spiro atoms. The second-order valence-corrected chi connectivity index (χ2v) is 5.74. The average Bonchev–Trinajstić information content (AvgIpc) is 2.87. The van der Waals surface area contributed by atoms with E-state index in [0.717, 1.165) is 43.3 Å². The number of rotatable bonds is 3. The summed E-state index contributed by atoms with van der Waals surface area (Å²) in [6.07, 6.45) is 0.942. The monoisotopic (exact) mass is 314 g/mol. The van der Waals surface area contributed by atoms with Gasteiger partial charge in [-0.3, -0.25) is 4.79 Å². The maximum absolute atomic E-state index is 12.5. The molecular weight excluding hydrogens is 292 g/mol. The fourth-order valence-electron chi connectivity index (χ4n) is 2.88. The zero-order valence-corrected chi connectivity index (χ0v) is 13.6. The third kappa shape index (κ3) is 3.50. The van der Waals surface area contributed by atoms with Crippen molar-refractivity contribution in [1.29, 1.82) is 0 Å². The Labute approximate surface area is 136 Å². The van der Waals surface area contributed by atoms with Crippen LogP contribution in [0.4, 0.5) is 5.69 Å². The molecule has 1 amide bonds. The standard InChI is InChI=1S/C18H22N2O3/c1-14-4-9-17(23-14)18(21)20-11-3-10-19(12-13-20)15-5-7-16(22-2)8-6-15/h4-9H,3,10-13H2,1-2H3. The Hall–Kier alpha value is -2.43. The molecule has 1 saturated heterocycles. The Bertz CT molecular complexity index is 663. The third-order valence-corrected chi connectivity index (χ3v) is 4.17. The lowest BCUT2D eigenvalue weighted by atomic mass is 10.2. The summed E-state index contributed by atoms with van der Waals surface area (Å²) in [7, 11) is 1.67. The van der Waals surface area contributed by atoms with E-state index in [4.69, 9.17) is 9.15 Å². The molecule has 23 heavy (non-hydrogen) atoms. The Balaban J connectivity index is 1.65. The van der Waals surface area contributed by atoms with E-state index in [1.807, 2.05) is 30.0 Å². The molecule has 0 N–H and O–H groups in total. The zero-order valence-electron chi connectivity index (χ0n) is 13.6. The van der Waals surface area contributed by atoms with Crippen LogP contribution in [0.15, 0.2) is 40.8 Å². The first kappa shape index (κ1) is 15.5. The Morgan fingerprint density at radius 2 is 1.83 bits per heavy atom. The quantitative estimate of drug-likeness (QED) is 0.874. The van der Waals surface area contributed by atoms with Crippen molar-refractivity contribution >= 4 is 11.6 Å². The van der Waals surface area contributed by atoms with Crippen LogP contribution < -0.4 is 9.64 Å². The highest BCUT2D eigenvalue weighted by Crippen LogP contribution is 2.21. The molecule has 0 aliphatic carbocycles. The van der Waals surface area contributed by atoms with Gasteiger partial charge in [-0.1, -0.05) is 0 Å². The number of furan rings is 1. The lowest BCUT2D eigenvalue weighted by molar-refractivity contribution is 0.0733. The van der Waals surface area contributed by atoms with Crippen LogP contribution in [0.25, 0.3) is 0 Å². The molecule has 2 aromatic rings. The first-order valence-corrected chi connectivity index (χ1v) is 7.92. The molecule has 0 bridgehead atoms. The van der Waals surface area contributed by atoms with Gasteiger partial charge < -0.3 is 19.0 Å². The number of aryl methyl sites for hydroxylation is 1. The Morgan fingerprint density at radius 1 is 1.04 bits per heavy atom. The van der Waals surface area contributed by atoms with Crippen molar-refractivity contribution in [3.63, 3.8) is 0 Å². The van der Waals surface area contributed by atoms with Gasteiger partial charge in [-0.15, -0.1) is 0 Å². The van der Waals surface area contributed by atoms with Crippen molar-refractivity contribution in [2.24, 2.45) is 0 Å². The number of carbonyl (C=O) groups is 1. The van der Waals surface area contributed by atoms with E-state index in [9.17, 15) is 4.79 Å². The number of benzene rings is 1. The molecule has 1 aromatic carbocycles. The second kappa shape index (κ2) is 6.77. The van der Waals surface area contributed by atoms with Gasteiger partial charge in [0.25, 0.3) is 5.91 Å². The van der Waals surface area contributed by atoms with Crippen LogP contribution in [-0.2, 0) is 0 Å². The van der Waals surface area contributed by atoms with Gasteiger partial charge >= 0.3 is 0 Å². The molecule has 0 radical (unpaired) electrons. The molecule has 5 nitrogen and oxygen atoms in total. The van der Waals surface area contributed by atoms with Crippen LogP contribution in [0.1, 0.15) is 22.7 Å². The van der Waals surface area contributed by atoms with E-state index in [1.165, 1.54) is 0 Å². The maximum atomic E-state index is 12.5. The summed E-state index contributed by atoms with van der Waals surface area (Å²) >= 11 is 0. The van der Waals surface area contributed by atoms with Crippen LogP contribution >= 0.6 is 0 Å². The molecule has 1 fully saturated rings. The highest BCUT2D eigenvalue weighted by molar-refractivity contribution is 5.91. The van der Waals surface area contributed by atoms with Crippen molar-refractivity contribution < 1.29 is 13.9 Å². The number of hydrogen-bond donors (Lipinski definition) is 0. The van der Waals surface area contributed by atoms with Gasteiger partial charge in [-0.2, -0.15) is 0 Å². The van der Waals surface area contributed by atoms with Crippen molar-refractivity contribution in [3.05, 3.63) is 47.9 Å². The summed E-state index contributed by atoms with van der Waals surface area (Å²) < 4.78 is 10.7. The van der Waals surface area contributed by atoms with Gasteiger partial charge in [0, 0.05) is 31.9 Å². The predicted molar refractivity (Wildman–Crippen MR) is 89.2 cm³/mol. The summed E-state index contributed by atoms with van der Waals surface area (Å²) in [6.45, 7) is 5.06. The van der Waals surface area contributed by atoms with E-state index in [1.54, 1.807) is 13.2 Å². The van der Waals surface area contributed by atoms with Gasteiger partial charge in [0.1, 0.15) is 11.5 Å². The Morgan fingerprint density at radius 3 is 2.48 bits per heavy atom. The molecule has 0 atom stereocenters. The highest BCUT2D eigenvalue weighted by Gasteiger charge is 2.22. The summed E-state index contributed by atoms with van der Waals surface area (Å²) in [4.78, 5) is 16.7. The van der Waals surface area contributed by atoms with Gasteiger partial charge in [-0.05, 0) is 49.7 Å². The summed E-state index contributed by atoms with van der Waals surface area (Å²) in [5.41, 5.74) is 1.16.